The quantitative estimate of drug-likeness (QED) is 0.505. The van der Waals surface area contributed by atoms with Crippen molar-refractivity contribution in [2.45, 2.75) is 5.03 Å². The van der Waals surface area contributed by atoms with Crippen molar-refractivity contribution in [3.63, 3.8) is 0 Å². The number of hydrogen-bond acceptors (Lipinski definition) is 7. The first-order chi connectivity index (χ1) is 6.77. The van der Waals surface area contributed by atoms with Gasteiger partial charge in [-0.25, -0.2) is 4.98 Å². The van der Waals surface area contributed by atoms with Crippen LogP contribution in [-0.4, -0.2) is 31.3 Å². The smallest absolute Gasteiger partial charge is 0.276 e. The number of thioether (sulfide) groups is 1. The van der Waals surface area contributed by atoms with E-state index < -0.39 is 0 Å². The largest absolute Gasteiger partial charge is 0.382 e. The van der Waals surface area contributed by atoms with Crippen LogP contribution in [0.15, 0.2) is 5.03 Å². The lowest BCUT2D eigenvalue weighted by Gasteiger charge is -2.02. The number of tetrazole rings is 1. The van der Waals surface area contributed by atoms with Crippen LogP contribution < -0.4 is 5.73 Å². The number of aromatic nitrogens is 5. The highest BCUT2D eigenvalue weighted by Crippen LogP contribution is 2.22. The molecule has 2 heterocycles. The standard InChI is InChI=1S/C6H5N7S/c1-14-5-3(2-7)4(8)13-6(9-5)10-11-12-13/h8H2,1H3. The van der Waals surface area contributed by atoms with Crippen LogP contribution in [0.25, 0.3) is 5.78 Å². The highest BCUT2D eigenvalue weighted by molar-refractivity contribution is 7.98. The highest BCUT2D eigenvalue weighted by Gasteiger charge is 2.13. The molecule has 2 aromatic heterocycles. The van der Waals surface area contributed by atoms with Crippen molar-refractivity contribution in [2.75, 3.05) is 12.0 Å². The number of fused-ring (bicyclic) bond motifs is 1. The summed E-state index contributed by atoms with van der Waals surface area (Å²) in [5.74, 6) is 0.512. The van der Waals surface area contributed by atoms with Crippen molar-refractivity contribution in [3.05, 3.63) is 5.56 Å². The van der Waals surface area contributed by atoms with Crippen LogP contribution in [0.2, 0.25) is 0 Å². The molecule has 0 aromatic carbocycles. The van der Waals surface area contributed by atoms with Crippen molar-refractivity contribution in [1.82, 2.24) is 25.0 Å². The number of nitriles is 1. The molecule has 14 heavy (non-hydrogen) atoms. The summed E-state index contributed by atoms with van der Waals surface area (Å²) >= 11 is 1.33. The van der Waals surface area contributed by atoms with E-state index in [1.54, 1.807) is 0 Å². The molecule has 2 N–H and O–H groups in total. The van der Waals surface area contributed by atoms with E-state index in [1.165, 1.54) is 16.3 Å². The van der Waals surface area contributed by atoms with E-state index in [2.05, 4.69) is 20.5 Å². The van der Waals surface area contributed by atoms with E-state index in [9.17, 15) is 0 Å². The second kappa shape index (κ2) is 3.12. The molecule has 8 heteroatoms. The van der Waals surface area contributed by atoms with Gasteiger partial charge in [-0.3, -0.25) is 0 Å². The van der Waals surface area contributed by atoms with Crippen molar-refractivity contribution >= 4 is 23.4 Å². The topological polar surface area (TPSA) is 106 Å². The summed E-state index contributed by atoms with van der Waals surface area (Å²) in [5, 5.41) is 20.1. The molecule has 7 nitrogen and oxygen atoms in total. The summed E-state index contributed by atoms with van der Waals surface area (Å²) in [6.07, 6.45) is 1.81. The van der Waals surface area contributed by atoms with E-state index in [1.807, 2.05) is 12.3 Å². The van der Waals surface area contributed by atoms with E-state index in [-0.39, 0.29) is 5.82 Å². The Hall–Kier alpha value is -1.88. The van der Waals surface area contributed by atoms with Gasteiger partial charge in [0.1, 0.15) is 16.7 Å². The lowest BCUT2D eigenvalue weighted by atomic mass is 10.3. The average Bonchev–Trinajstić information content (AvgIpc) is 2.65. The minimum absolute atomic E-state index is 0.215. The van der Waals surface area contributed by atoms with Gasteiger partial charge in [0.15, 0.2) is 5.82 Å². The Morgan fingerprint density at radius 1 is 1.57 bits per heavy atom. The SMILES string of the molecule is CSc1nc2nnnn2c(N)c1C#N. The van der Waals surface area contributed by atoms with Crippen molar-refractivity contribution in [1.29, 1.82) is 5.26 Å². The number of nitrogens with zero attached hydrogens (tertiary/aromatic N) is 6. The van der Waals surface area contributed by atoms with Crippen LogP contribution in [0, 0.1) is 11.3 Å². The van der Waals surface area contributed by atoms with Gasteiger partial charge in [-0.05, 0) is 16.7 Å². The van der Waals surface area contributed by atoms with Gasteiger partial charge < -0.3 is 5.73 Å². The number of hydrogen-bond donors (Lipinski definition) is 1. The molecule has 2 rings (SSSR count). The van der Waals surface area contributed by atoms with Crippen LogP contribution in [0.3, 0.4) is 0 Å². The predicted molar refractivity (Wildman–Crippen MR) is 49.5 cm³/mol. The zero-order valence-corrected chi connectivity index (χ0v) is 7.99. The Morgan fingerprint density at radius 3 is 3.00 bits per heavy atom. The number of nitrogen functional groups attached to an aromatic ring is 1. The monoisotopic (exact) mass is 207 g/mol. The Balaban J connectivity index is 2.88. The summed E-state index contributed by atoms with van der Waals surface area (Å²) in [5.41, 5.74) is 6.00. The van der Waals surface area contributed by atoms with Gasteiger partial charge in [-0.2, -0.15) is 9.78 Å². The van der Waals surface area contributed by atoms with Crippen LogP contribution >= 0.6 is 11.8 Å². The third-order valence-corrected chi connectivity index (χ3v) is 2.34. The average molecular weight is 207 g/mol. The van der Waals surface area contributed by atoms with Crippen LogP contribution in [0.4, 0.5) is 5.82 Å². The predicted octanol–water partition coefficient (Wildman–Crippen LogP) is -0.305. The zero-order valence-electron chi connectivity index (χ0n) is 7.17. The van der Waals surface area contributed by atoms with Gasteiger partial charge in [0.05, 0.1) is 0 Å². The third kappa shape index (κ3) is 1.06. The normalized spacial score (nSPS) is 10.3. The van der Waals surface area contributed by atoms with Crippen molar-refractivity contribution < 1.29 is 0 Å². The molecule has 0 spiro atoms. The minimum atomic E-state index is 0.215. The second-order valence-corrected chi connectivity index (χ2v) is 3.18. The van der Waals surface area contributed by atoms with Crippen molar-refractivity contribution in [3.8, 4) is 6.07 Å². The third-order valence-electron chi connectivity index (χ3n) is 1.66. The second-order valence-electron chi connectivity index (χ2n) is 2.38. The molecule has 0 unspecified atom stereocenters. The fourth-order valence-electron chi connectivity index (χ4n) is 1.02. The number of nitrogens with two attached hydrogens (primary N) is 1. The molecule has 0 fully saturated rings. The molecule has 0 saturated carbocycles. The summed E-state index contributed by atoms with van der Waals surface area (Å²) in [4.78, 5) is 4.07. The van der Waals surface area contributed by atoms with E-state index in [0.29, 0.717) is 16.4 Å². The molecule has 0 aliphatic heterocycles. The fourth-order valence-corrected chi connectivity index (χ4v) is 1.55. The molecule has 0 saturated heterocycles. The maximum atomic E-state index is 8.86. The molecule has 2 aromatic rings. The van der Waals surface area contributed by atoms with Crippen LogP contribution in [0.1, 0.15) is 5.56 Å². The van der Waals surface area contributed by atoms with Gasteiger partial charge >= 0.3 is 0 Å². The van der Waals surface area contributed by atoms with E-state index >= 15 is 0 Å². The summed E-state index contributed by atoms with van der Waals surface area (Å²) in [6.45, 7) is 0. The number of rotatable bonds is 1. The summed E-state index contributed by atoms with van der Waals surface area (Å²) in [7, 11) is 0. The van der Waals surface area contributed by atoms with Gasteiger partial charge in [0, 0.05) is 0 Å². The summed E-state index contributed by atoms with van der Waals surface area (Å²) in [6, 6.07) is 1.97. The first-order valence-corrected chi connectivity index (χ1v) is 4.82. The van der Waals surface area contributed by atoms with Gasteiger partial charge in [-0.1, -0.05) is 5.10 Å². The minimum Gasteiger partial charge on any atom is -0.382 e. The van der Waals surface area contributed by atoms with E-state index in [4.69, 9.17) is 11.0 Å². The van der Waals surface area contributed by atoms with Crippen LogP contribution in [-0.2, 0) is 0 Å². The molecule has 0 atom stereocenters. The van der Waals surface area contributed by atoms with Crippen molar-refractivity contribution in [2.24, 2.45) is 0 Å². The molecule has 0 amide bonds. The lowest BCUT2D eigenvalue weighted by molar-refractivity contribution is 0.822. The zero-order chi connectivity index (χ0) is 10.1. The molecule has 0 aliphatic rings. The molecule has 0 aliphatic carbocycles. The fraction of sp³-hybridized carbons (Fsp3) is 0.167. The maximum Gasteiger partial charge on any atom is 0.276 e. The van der Waals surface area contributed by atoms with Crippen LogP contribution in [0.5, 0.6) is 0 Å². The lowest BCUT2D eigenvalue weighted by Crippen LogP contribution is -2.05. The molecule has 70 valence electrons. The number of anilines is 1. The molecule has 0 radical (unpaired) electrons. The maximum absolute atomic E-state index is 8.86. The van der Waals surface area contributed by atoms with Gasteiger partial charge in [0.2, 0.25) is 0 Å². The Kier molecular flexibility index (Phi) is 1.94. The Labute approximate surface area is 82.9 Å². The summed E-state index contributed by atoms with van der Waals surface area (Å²) < 4.78 is 1.23. The van der Waals surface area contributed by atoms with E-state index in [0.717, 1.165) is 0 Å². The Morgan fingerprint density at radius 2 is 2.36 bits per heavy atom. The highest BCUT2D eigenvalue weighted by atomic mass is 32.2. The first-order valence-electron chi connectivity index (χ1n) is 3.59. The van der Waals surface area contributed by atoms with Gasteiger partial charge in [-0.15, -0.1) is 11.8 Å². The molecular formula is C6H5N7S. The first kappa shape index (κ1) is 8.71. The molecular weight excluding hydrogens is 202 g/mol. The Bertz CT molecular complexity index is 525. The molecule has 0 bridgehead atoms. The van der Waals surface area contributed by atoms with Gasteiger partial charge in [0.25, 0.3) is 5.78 Å².